The Morgan fingerprint density at radius 3 is 2.64 bits per heavy atom. The van der Waals surface area contributed by atoms with Crippen LogP contribution in [0.3, 0.4) is 0 Å². The van der Waals surface area contributed by atoms with E-state index in [-0.39, 0.29) is 23.8 Å². The van der Waals surface area contributed by atoms with Crippen LogP contribution in [0.25, 0.3) is 11.1 Å². The van der Waals surface area contributed by atoms with Crippen molar-refractivity contribution in [3.8, 4) is 22.9 Å². The van der Waals surface area contributed by atoms with Crippen molar-refractivity contribution in [1.82, 2.24) is 4.90 Å². The van der Waals surface area contributed by atoms with Gasteiger partial charge in [0.05, 0.1) is 6.07 Å². The van der Waals surface area contributed by atoms with Crippen LogP contribution >= 0.6 is 0 Å². The number of likely N-dealkylation sites (N-methyl/N-ethyl adjacent to an activating group) is 1. The second-order valence-corrected chi connectivity index (χ2v) is 9.14. The molecule has 7 heteroatoms. The maximum Gasteiger partial charge on any atom is 0.261 e. The van der Waals surface area contributed by atoms with Crippen molar-refractivity contribution in [2.24, 2.45) is 10.7 Å². The van der Waals surface area contributed by atoms with Crippen LogP contribution in [-0.4, -0.2) is 29.6 Å². The zero-order chi connectivity index (χ0) is 25.3. The number of nitriles is 1. The highest BCUT2D eigenvalue weighted by atomic mass is 16.5. The van der Waals surface area contributed by atoms with Gasteiger partial charge in [-0.2, -0.15) is 5.26 Å². The second kappa shape index (κ2) is 9.31. The van der Waals surface area contributed by atoms with Crippen LogP contribution in [0.15, 0.2) is 77.8 Å². The van der Waals surface area contributed by atoms with Crippen LogP contribution in [0.2, 0.25) is 0 Å². The first-order valence-electron chi connectivity index (χ1n) is 11.9. The number of rotatable bonds is 6. The first-order chi connectivity index (χ1) is 17.4. The van der Waals surface area contributed by atoms with E-state index in [4.69, 9.17) is 20.7 Å². The zero-order valence-electron chi connectivity index (χ0n) is 20.0. The number of fused-ring (bicyclic) bond motifs is 2. The molecular formula is C29H26N4O3. The SMILES string of the molecule is CN1C(=O)C2(CC(c3ccccc3)Oc3ccc(-c4cccc(C(=O)CCCC#N)c4)cc32)N=C1N. The molecule has 2 aliphatic heterocycles. The summed E-state index contributed by atoms with van der Waals surface area (Å²) in [6, 6.07) is 25.0. The number of aliphatic imine (C=N–C) groups is 1. The third-order valence-electron chi connectivity index (χ3n) is 6.86. The van der Waals surface area contributed by atoms with Crippen molar-refractivity contribution >= 4 is 17.6 Å². The predicted molar refractivity (Wildman–Crippen MR) is 136 cm³/mol. The number of guanidine groups is 1. The van der Waals surface area contributed by atoms with Crippen LogP contribution in [0, 0.1) is 11.3 Å². The number of carbonyl (C=O) groups excluding carboxylic acids is 2. The minimum atomic E-state index is -1.19. The van der Waals surface area contributed by atoms with Crippen molar-refractivity contribution in [2.45, 2.75) is 37.3 Å². The largest absolute Gasteiger partial charge is 0.485 e. The molecular weight excluding hydrogens is 452 g/mol. The molecule has 0 radical (unpaired) electrons. The van der Waals surface area contributed by atoms with Gasteiger partial charge in [0, 0.05) is 37.4 Å². The molecule has 0 aliphatic carbocycles. The summed E-state index contributed by atoms with van der Waals surface area (Å²) in [6.07, 6.45) is 1.19. The van der Waals surface area contributed by atoms with E-state index in [2.05, 4.69) is 6.07 Å². The minimum Gasteiger partial charge on any atom is -0.485 e. The number of nitrogens with zero attached hydrogens (tertiary/aromatic N) is 3. The molecule has 1 amide bonds. The number of nitrogens with two attached hydrogens (primary N) is 1. The highest BCUT2D eigenvalue weighted by molar-refractivity contribution is 6.07. The normalized spacial score (nSPS) is 20.4. The van der Waals surface area contributed by atoms with Crippen molar-refractivity contribution in [1.29, 1.82) is 5.26 Å². The summed E-state index contributed by atoms with van der Waals surface area (Å²) in [5, 5.41) is 8.74. The van der Waals surface area contributed by atoms with E-state index in [1.54, 1.807) is 13.1 Å². The Morgan fingerprint density at radius 1 is 1.14 bits per heavy atom. The fourth-order valence-electron chi connectivity index (χ4n) is 4.92. The molecule has 5 rings (SSSR count). The van der Waals surface area contributed by atoms with Crippen molar-refractivity contribution < 1.29 is 14.3 Å². The predicted octanol–water partition coefficient (Wildman–Crippen LogP) is 4.74. The smallest absolute Gasteiger partial charge is 0.261 e. The van der Waals surface area contributed by atoms with Gasteiger partial charge in [0.25, 0.3) is 5.91 Å². The first kappa shape index (κ1) is 23.3. The third-order valence-corrected chi connectivity index (χ3v) is 6.86. The van der Waals surface area contributed by atoms with E-state index >= 15 is 0 Å². The summed E-state index contributed by atoms with van der Waals surface area (Å²) in [7, 11) is 1.63. The Morgan fingerprint density at radius 2 is 1.92 bits per heavy atom. The van der Waals surface area contributed by atoms with Gasteiger partial charge in [-0.1, -0.05) is 54.6 Å². The lowest BCUT2D eigenvalue weighted by Gasteiger charge is -2.37. The number of benzene rings is 3. The number of unbranched alkanes of at least 4 members (excludes halogenated alkanes) is 1. The molecule has 36 heavy (non-hydrogen) atoms. The highest BCUT2D eigenvalue weighted by Crippen LogP contribution is 2.50. The monoisotopic (exact) mass is 478 g/mol. The van der Waals surface area contributed by atoms with Gasteiger partial charge < -0.3 is 10.5 Å². The maximum atomic E-state index is 13.6. The molecule has 180 valence electrons. The lowest BCUT2D eigenvalue weighted by atomic mass is 9.79. The van der Waals surface area contributed by atoms with Crippen LogP contribution in [-0.2, 0) is 10.3 Å². The van der Waals surface area contributed by atoms with E-state index in [0.717, 1.165) is 16.7 Å². The Hall–Kier alpha value is -4.44. The van der Waals surface area contributed by atoms with Gasteiger partial charge in [-0.25, -0.2) is 4.99 Å². The number of Topliss-reactive ketones (excluding diaryl/α,β-unsaturated/α-hetero) is 1. The molecule has 2 heterocycles. The fourth-order valence-corrected chi connectivity index (χ4v) is 4.92. The van der Waals surface area contributed by atoms with E-state index in [1.165, 1.54) is 4.90 Å². The molecule has 0 saturated heterocycles. The molecule has 2 aliphatic rings. The number of ketones is 1. The Bertz CT molecular complexity index is 1410. The van der Waals surface area contributed by atoms with E-state index in [1.807, 2.05) is 66.7 Å². The van der Waals surface area contributed by atoms with Gasteiger partial charge in [0.2, 0.25) is 0 Å². The molecule has 0 aromatic heterocycles. The molecule has 0 bridgehead atoms. The number of carbonyl (C=O) groups is 2. The standard InChI is InChI=1S/C29H26N4O3/c1-33-27(35)29(32-28(33)31)18-26(19-8-3-2-4-9-19)36-25-14-13-21(17-23(25)29)20-10-7-11-22(16-20)24(34)12-5-6-15-30/h2-4,7-11,13-14,16-17,26H,5-6,12,18H2,1H3,(H2,31,32). The quantitative estimate of drug-likeness (QED) is 0.407. The summed E-state index contributed by atoms with van der Waals surface area (Å²) >= 11 is 0. The van der Waals surface area contributed by atoms with Gasteiger partial charge in [0.15, 0.2) is 17.3 Å². The van der Waals surface area contributed by atoms with E-state index in [0.29, 0.717) is 42.6 Å². The van der Waals surface area contributed by atoms with Gasteiger partial charge in [-0.3, -0.25) is 14.5 Å². The molecule has 3 aromatic carbocycles. The van der Waals surface area contributed by atoms with Crippen LogP contribution in [0.5, 0.6) is 5.75 Å². The molecule has 2 N–H and O–H groups in total. The van der Waals surface area contributed by atoms with Crippen LogP contribution in [0.1, 0.15) is 53.3 Å². The maximum absolute atomic E-state index is 13.6. The Labute approximate surface area is 209 Å². The van der Waals surface area contributed by atoms with Crippen LogP contribution in [0.4, 0.5) is 0 Å². The number of hydrogen-bond acceptors (Lipinski definition) is 6. The summed E-state index contributed by atoms with van der Waals surface area (Å²) < 4.78 is 6.37. The van der Waals surface area contributed by atoms with Crippen LogP contribution < -0.4 is 10.5 Å². The lowest BCUT2D eigenvalue weighted by molar-refractivity contribution is -0.132. The second-order valence-electron chi connectivity index (χ2n) is 9.14. The van der Waals surface area contributed by atoms with Gasteiger partial charge in [0.1, 0.15) is 11.9 Å². The molecule has 0 saturated carbocycles. The number of ether oxygens (including phenoxy) is 1. The molecule has 7 nitrogen and oxygen atoms in total. The third kappa shape index (κ3) is 4.01. The molecule has 0 fully saturated rings. The number of hydrogen-bond donors (Lipinski definition) is 1. The minimum absolute atomic E-state index is 0.000496. The zero-order valence-corrected chi connectivity index (χ0v) is 20.0. The topological polar surface area (TPSA) is 109 Å². The van der Waals surface area contributed by atoms with Crippen molar-refractivity contribution in [3.63, 3.8) is 0 Å². The number of amides is 1. The molecule has 2 atom stereocenters. The van der Waals surface area contributed by atoms with Crippen molar-refractivity contribution in [2.75, 3.05) is 7.05 Å². The Kier molecular flexibility index (Phi) is 6.03. The molecule has 1 spiro atoms. The van der Waals surface area contributed by atoms with E-state index < -0.39 is 5.54 Å². The molecule has 2 unspecified atom stereocenters. The fraction of sp³-hybridized carbons (Fsp3) is 0.241. The van der Waals surface area contributed by atoms with Gasteiger partial charge in [-0.15, -0.1) is 0 Å². The molecule has 3 aromatic rings. The van der Waals surface area contributed by atoms with E-state index in [9.17, 15) is 9.59 Å². The van der Waals surface area contributed by atoms with Gasteiger partial charge >= 0.3 is 0 Å². The Balaban J connectivity index is 1.56. The summed E-state index contributed by atoms with van der Waals surface area (Å²) in [5.41, 5.74) is 8.85. The van der Waals surface area contributed by atoms with Crippen molar-refractivity contribution in [3.05, 3.63) is 89.5 Å². The summed E-state index contributed by atoms with van der Waals surface area (Å²) in [5.74, 6) is 0.572. The summed E-state index contributed by atoms with van der Waals surface area (Å²) in [6.45, 7) is 0. The average Bonchev–Trinajstić information content (AvgIpc) is 3.12. The first-order valence-corrected chi connectivity index (χ1v) is 11.9. The lowest BCUT2D eigenvalue weighted by Crippen LogP contribution is -2.43. The average molecular weight is 479 g/mol. The highest BCUT2D eigenvalue weighted by Gasteiger charge is 2.53. The van der Waals surface area contributed by atoms with Gasteiger partial charge in [-0.05, 0) is 41.3 Å². The summed E-state index contributed by atoms with van der Waals surface area (Å²) in [4.78, 5) is 32.3.